The molecule has 1 atom stereocenters. The van der Waals surface area contributed by atoms with Crippen molar-refractivity contribution in [1.29, 1.82) is 0 Å². The van der Waals surface area contributed by atoms with Crippen LogP contribution in [-0.4, -0.2) is 27.9 Å². The van der Waals surface area contributed by atoms with Crippen molar-refractivity contribution in [3.8, 4) is 5.75 Å². The number of benzene rings is 1. The molecule has 2 rings (SSSR count). The van der Waals surface area contributed by atoms with Crippen LogP contribution in [0.15, 0.2) is 24.3 Å². The number of alkyl halides is 1. The Hall–Kier alpha value is -0.540. The summed E-state index contributed by atoms with van der Waals surface area (Å²) in [5.41, 5.74) is 1.21. The Kier molecular flexibility index (Phi) is 4.86. The first-order valence-corrected chi connectivity index (χ1v) is 7.49. The maximum Gasteiger partial charge on any atom is 0.115 e. The van der Waals surface area contributed by atoms with Crippen LogP contribution in [0, 0.1) is 0 Å². The van der Waals surface area contributed by atoms with E-state index in [2.05, 4.69) is 26.9 Å². The van der Waals surface area contributed by atoms with Crippen LogP contribution in [0.2, 0.25) is 0 Å². The highest BCUT2D eigenvalue weighted by Crippen LogP contribution is 2.23. The molecular weight excluding hydrogens is 278 g/mol. The van der Waals surface area contributed by atoms with Crippen molar-refractivity contribution in [2.45, 2.75) is 38.3 Å². The normalized spacial score (nSPS) is 21.6. The van der Waals surface area contributed by atoms with E-state index in [4.69, 9.17) is 0 Å². The van der Waals surface area contributed by atoms with Crippen molar-refractivity contribution in [2.75, 3.05) is 11.9 Å². The van der Waals surface area contributed by atoms with Gasteiger partial charge in [0.1, 0.15) is 5.75 Å². The molecule has 0 aromatic heterocycles. The molecule has 1 aromatic carbocycles. The summed E-state index contributed by atoms with van der Waals surface area (Å²) in [6.45, 7) is 2.15. The standard InChI is InChI=1S/C14H20BrNO/c15-8-7-13-5-1-2-9-16(13)11-12-4-3-6-14(17)10-12/h3-4,6,10,13,17H,1-2,5,7-9,11H2. The Bertz CT molecular complexity index is 354. The van der Waals surface area contributed by atoms with Gasteiger partial charge in [-0.2, -0.15) is 0 Å². The van der Waals surface area contributed by atoms with E-state index >= 15 is 0 Å². The lowest BCUT2D eigenvalue weighted by atomic mass is 9.99. The third kappa shape index (κ3) is 3.71. The molecule has 0 aliphatic carbocycles. The lowest BCUT2D eigenvalue weighted by Crippen LogP contribution is -2.39. The molecule has 1 unspecified atom stereocenters. The Morgan fingerprint density at radius 3 is 3.00 bits per heavy atom. The van der Waals surface area contributed by atoms with Crippen molar-refractivity contribution in [3.05, 3.63) is 29.8 Å². The topological polar surface area (TPSA) is 23.5 Å². The summed E-state index contributed by atoms with van der Waals surface area (Å²) in [5.74, 6) is 0.372. The molecule has 17 heavy (non-hydrogen) atoms. The summed E-state index contributed by atoms with van der Waals surface area (Å²) in [7, 11) is 0. The predicted molar refractivity (Wildman–Crippen MR) is 74.6 cm³/mol. The predicted octanol–water partition coefficient (Wildman–Crippen LogP) is 3.53. The molecule has 1 aromatic rings. The minimum absolute atomic E-state index is 0.372. The summed E-state index contributed by atoms with van der Waals surface area (Å²) in [5, 5.41) is 10.6. The summed E-state index contributed by atoms with van der Waals surface area (Å²) in [6, 6.07) is 8.33. The largest absolute Gasteiger partial charge is 0.508 e. The van der Waals surface area contributed by atoms with Gasteiger partial charge in [0, 0.05) is 17.9 Å². The third-order valence-corrected chi connectivity index (χ3v) is 3.95. The number of rotatable bonds is 4. The number of piperidine rings is 1. The van der Waals surface area contributed by atoms with Crippen LogP contribution in [-0.2, 0) is 6.54 Å². The van der Waals surface area contributed by atoms with Gasteiger partial charge in [0.05, 0.1) is 0 Å². The Labute approximate surface area is 112 Å². The number of aromatic hydroxyl groups is 1. The monoisotopic (exact) mass is 297 g/mol. The van der Waals surface area contributed by atoms with Gasteiger partial charge in [-0.15, -0.1) is 0 Å². The number of nitrogens with zero attached hydrogens (tertiary/aromatic N) is 1. The van der Waals surface area contributed by atoms with E-state index in [-0.39, 0.29) is 0 Å². The molecule has 1 saturated heterocycles. The maximum atomic E-state index is 9.49. The average Bonchev–Trinajstić information content (AvgIpc) is 2.32. The highest BCUT2D eigenvalue weighted by molar-refractivity contribution is 9.09. The zero-order chi connectivity index (χ0) is 12.1. The number of hydrogen-bond donors (Lipinski definition) is 1. The zero-order valence-electron chi connectivity index (χ0n) is 10.1. The van der Waals surface area contributed by atoms with E-state index in [0.29, 0.717) is 11.8 Å². The van der Waals surface area contributed by atoms with E-state index in [1.807, 2.05) is 12.1 Å². The first kappa shape index (κ1) is 12.9. The van der Waals surface area contributed by atoms with Crippen molar-refractivity contribution >= 4 is 15.9 Å². The molecule has 1 heterocycles. The van der Waals surface area contributed by atoms with E-state index in [9.17, 15) is 5.11 Å². The SMILES string of the molecule is Oc1cccc(CN2CCCCC2CCBr)c1. The molecule has 94 valence electrons. The van der Waals surface area contributed by atoms with Crippen LogP contribution in [0.1, 0.15) is 31.2 Å². The Balaban J connectivity index is 2.00. The number of phenolic OH excluding ortho intramolecular Hbond substituents is 1. The molecule has 3 heteroatoms. The summed E-state index contributed by atoms with van der Waals surface area (Å²) < 4.78 is 0. The summed E-state index contributed by atoms with van der Waals surface area (Å²) >= 11 is 3.54. The molecule has 0 radical (unpaired) electrons. The van der Waals surface area contributed by atoms with Crippen molar-refractivity contribution in [2.24, 2.45) is 0 Å². The minimum Gasteiger partial charge on any atom is -0.508 e. The van der Waals surface area contributed by atoms with Crippen LogP contribution in [0.3, 0.4) is 0 Å². The van der Waals surface area contributed by atoms with Crippen LogP contribution in [0.5, 0.6) is 5.75 Å². The first-order chi connectivity index (χ1) is 8.29. The van der Waals surface area contributed by atoms with E-state index in [0.717, 1.165) is 11.9 Å². The van der Waals surface area contributed by atoms with Crippen LogP contribution < -0.4 is 0 Å². The van der Waals surface area contributed by atoms with E-state index in [1.165, 1.54) is 37.8 Å². The number of likely N-dealkylation sites (tertiary alicyclic amines) is 1. The lowest BCUT2D eigenvalue weighted by molar-refractivity contribution is 0.137. The lowest BCUT2D eigenvalue weighted by Gasteiger charge is -2.35. The fraction of sp³-hybridized carbons (Fsp3) is 0.571. The first-order valence-electron chi connectivity index (χ1n) is 6.37. The highest BCUT2D eigenvalue weighted by atomic mass is 79.9. The van der Waals surface area contributed by atoms with Crippen molar-refractivity contribution in [3.63, 3.8) is 0 Å². The van der Waals surface area contributed by atoms with Gasteiger partial charge in [-0.05, 0) is 43.5 Å². The van der Waals surface area contributed by atoms with E-state index < -0.39 is 0 Å². The Morgan fingerprint density at radius 1 is 1.35 bits per heavy atom. The fourth-order valence-electron chi connectivity index (χ4n) is 2.61. The van der Waals surface area contributed by atoms with Crippen LogP contribution in [0.4, 0.5) is 0 Å². The van der Waals surface area contributed by atoms with Gasteiger partial charge in [0.25, 0.3) is 0 Å². The van der Waals surface area contributed by atoms with Crippen LogP contribution in [0.25, 0.3) is 0 Å². The van der Waals surface area contributed by atoms with Crippen LogP contribution >= 0.6 is 15.9 Å². The van der Waals surface area contributed by atoms with Crippen molar-refractivity contribution < 1.29 is 5.11 Å². The van der Waals surface area contributed by atoms with Gasteiger partial charge >= 0.3 is 0 Å². The number of phenols is 1. The second-order valence-electron chi connectivity index (χ2n) is 4.77. The zero-order valence-corrected chi connectivity index (χ0v) is 11.7. The van der Waals surface area contributed by atoms with Gasteiger partial charge in [-0.25, -0.2) is 0 Å². The van der Waals surface area contributed by atoms with Gasteiger partial charge in [0.15, 0.2) is 0 Å². The molecule has 0 bridgehead atoms. The number of hydrogen-bond acceptors (Lipinski definition) is 2. The molecule has 1 N–H and O–H groups in total. The molecule has 1 aliphatic heterocycles. The third-order valence-electron chi connectivity index (χ3n) is 3.49. The summed E-state index contributed by atoms with van der Waals surface area (Å²) in [4.78, 5) is 2.56. The Morgan fingerprint density at radius 2 is 2.24 bits per heavy atom. The summed E-state index contributed by atoms with van der Waals surface area (Å²) in [6.07, 6.45) is 5.19. The van der Waals surface area contributed by atoms with E-state index in [1.54, 1.807) is 6.07 Å². The minimum atomic E-state index is 0.372. The van der Waals surface area contributed by atoms with Gasteiger partial charge < -0.3 is 5.11 Å². The molecule has 1 fully saturated rings. The fourth-order valence-corrected chi connectivity index (χ4v) is 3.14. The molecular formula is C14H20BrNO. The quantitative estimate of drug-likeness (QED) is 0.860. The average molecular weight is 298 g/mol. The maximum absolute atomic E-state index is 9.49. The smallest absolute Gasteiger partial charge is 0.115 e. The molecule has 0 spiro atoms. The molecule has 0 saturated carbocycles. The van der Waals surface area contributed by atoms with Gasteiger partial charge in [-0.1, -0.05) is 34.5 Å². The molecule has 1 aliphatic rings. The van der Waals surface area contributed by atoms with Gasteiger partial charge in [-0.3, -0.25) is 4.90 Å². The second kappa shape index (κ2) is 6.41. The van der Waals surface area contributed by atoms with Gasteiger partial charge in [0.2, 0.25) is 0 Å². The van der Waals surface area contributed by atoms with Crippen molar-refractivity contribution in [1.82, 2.24) is 4.90 Å². The highest BCUT2D eigenvalue weighted by Gasteiger charge is 2.21. The second-order valence-corrected chi connectivity index (χ2v) is 5.56. The molecule has 0 amide bonds. The molecule has 2 nitrogen and oxygen atoms in total. The number of halogens is 1.